The van der Waals surface area contributed by atoms with Gasteiger partial charge < -0.3 is 30.1 Å². The summed E-state index contributed by atoms with van der Waals surface area (Å²) in [7, 11) is -1.32. The summed E-state index contributed by atoms with van der Waals surface area (Å²) in [4.78, 5) is 21.7. The SMILES string of the molecule is CS(=O)c1cc(OCC(O)CNC2CCN(c3ccc(C(=O)N4CCCCC4)cn3)CC2)ccc1O. The van der Waals surface area contributed by atoms with Crippen molar-refractivity contribution in [3.8, 4) is 11.5 Å². The lowest BCUT2D eigenvalue weighted by atomic mass is 10.0. The number of nitrogens with one attached hydrogen (secondary N) is 1. The molecular formula is C26H36N4O5S. The number of aromatic nitrogens is 1. The Labute approximate surface area is 214 Å². The quantitative estimate of drug-likeness (QED) is 0.465. The molecule has 2 aliphatic heterocycles. The maximum Gasteiger partial charge on any atom is 0.255 e. The number of carbonyl (C=O) groups excluding carboxylic acids is 1. The molecule has 2 fully saturated rings. The van der Waals surface area contributed by atoms with Gasteiger partial charge in [0.1, 0.15) is 30.0 Å². The van der Waals surface area contributed by atoms with Gasteiger partial charge in [-0.3, -0.25) is 9.00 Å². The highest BCUT2D eigenvalue weighted by Gasteiger charge is 2.22. The number of aromatic hydroxyl groups is 1. The van der Waals surface area contributed by atoms with Crippen molar-refractivity contribution < 1.29 is 24.0 Å². The van der Waals surface area contributed by atoms with Crippen molar-refractivity contribution in [2.24, 2.45) is 0 Å². The van der Waals surface area contributed by atoms with Crippen LogP contribution in [0.2, 0.25) is 0 Å². The number of amides is 1. The number of aliphatic hydroxyl groups is 1. The fourth-order valence-electron chi connectivity index (χ4n) is 4.66. The second kappa shape index (κ2) is 12.5. The van der Waals surface area contributed by atoms with Crippen molar-refractivity contribution in [1.82, 2.24) is 15.2 Å². The fourth-order valence-corrected chi connectivity index (χ4v) is 5.31. The number of phenols is 1. The number of aliphatic hydroxyl groups excluding tert-OH is 1. The summed E-state index contributed by atoms with van der Waals surface area (Å²) in [6.07, 6.45) is 7.69. The maximum absolute atomic E-state index is 12.7. The van der Waals surface area contributed by atoms with Gasteiger partial charge in [0.2, 0.25) is 0 Å². The van der Waals surface area contributed by atoms with E-state index in [-0.39, 0.29) is 18.3 Å². The molecule has 10 heteroatoms. The summed E-state index contributed by atoms with van der Waals surface area (Å²) in [6, 6.07) is 8.68. The Morgan fingerprint density at radius 3 is 2.58 bits per heavy atom. The fraction of sp³-hybridized carbons (Fsp3) is 0.538. The zero-order valence-corrected chi connectivity index (χ0v) is 21.6. The number of phenolic OH excluding ortho intramolecular Hbond substituents is 1. The Hall–Kier alpha value is -2.69. The zero-order chi connectivity index (χ0) is 25.5. The summed E-state index contributed by atoms with van der Waals surface area (Å²) in [5.41, 5.74) is 0.653. The monoisotopic (exact) mass is 516 g/mol. The Balaban J connectivity index is 1.18. The second-order valence-corrected chi connectivity index (χ2v) is 10.8. The molecule has 0 radical (unpaired) electrons. The molecule has 2 saturated heterocycles. The van der Waals surface area contributed by atoms with Crippen LogP contribution in [0.4, 0.5) is 5.82 Å². The molecule has 9 nitrogen and oxygen atoms in total. The van der Waals surface area contributed by atoms with E-state index in [4.69, 9.17) is 4.74 Å². The maximum atomic E-state index is 12.7. The van der Waals surface area contributed by atoms with Crippen LogP contribution in [0.25, 0.3) is 0 Å². The molecule has 36 heavy (non-hydrogen) atoms. The van der Waals surface area contributed by atoms with Gasteiger partial charge in [-0.25, -0.2) is 4.98 Å². The molecular weight excluding hydrogens is 480 g/mol. The van der Waals surface area contributed by atoms with Gasteiger partial charge in [0.15, 0.2) is 0 Å². The van der Waals surface area contributed by atoms with Crippen molar-refractivity contribution >= 4 is 22.5 Å². The third kappa shape index (κ3) is 6.96. The van der Waals surface area contributed by atoms with Gasteiger partial charge in [0.05, 0.1) is 21.3 Å². The topological polar surface area (TPSA) is 115 Å². The number of pyridine rings is 1. The lowest BCUT2D eigenvalue weighted by molar-refractivity contribution is 0.0724. The zero-order valence-electron chi connectivity index (χ0n) is 20.8. The molecule has 0 aliphatic carbocycles. The Bertz CT molecular complexity index is 1040. The molecule has 1 aromatic heterocycles. The summed E-state index contributed by atoms with van der Waals surface area (Å²) in [5.74, 6) is 1.39. The van der Waals surface area contributed by atoms with Gasteiger partial charge in [-0.2, -0.15) is 0 Å². The van der Waals surface area contributed by atoms with Crippen LogP contribution in [0.5, 0.6) is 11.5 Å². The van der Waals surface area contributed by atoms with Crippen molar-refractivity contribution in [2.75, 3.05) is 50.5 Å². The molecule has 1 aromatic carbocycles. The second-order valence-electron chi connectivity index (χ2n) is 9.48. The van der Waals surface area contributed by atoms with E-state index in [1.165, 1.54) is 24.8 Å². The van der Waals surface area contributed by atoms with Gasteiger partial charge >= 0.3 is 0 Å². The number of ether oxygens (including phenoxy) is 1. The molecule has 2 aromatic rings. The molecule has 196 valence electrons. The van der Waals surface area contributed by atoms with Crippen LogP contribution in [-0.4, -0.2) is 87.9 Å². The Morgan fingerprint density at radius 2 is 1.92 bits per heavy atom. The molecule has 1 amide bonds. The number of piperidine rings is 2. The largest absolute Gasteiger partial charge is 0.507 e. The highest BCUT2D eigenvalue weighted by molar-refractivity contribution is 7.84. The number of anilines is 1. The van der Waals surface area contributed by atoms with E-state index in [1.54, 1.807) is 12.3 Å². The minimum atomic E-state index is -1.32. The highest BCUT2D eigenvalue weighted by atomic mass is 32.2. The van der Waals surface area contributed by atoms with Crippen molar-refractivity contribution in [3.63, 3.8) is 0 Å². The third-order valence-corrected chi connectivity index (χ3v) is 7.73. The van der Waals surface area contributed by atoms with Crippen LogP contribution in [0.15, 0.2) is 41.4 Å². The molecule has 3 heterocycles. The van der Waals surface area contributed by atoms with Gasteiger partial charge in [-0.15, -0.1) is 0 Å². The van der Waals surface area contributed by atoms with Crippen molar-refractivity contribution in [1.29, 1.82) is 0 Å². The van der Waals surface area contributed by atoms with E-state index in [0.717, 1.165) is 57.7 Å². The van der Waals surface area contributed by atoms with Crippen molar-refractivity contribution in [2.45, 2.75) is 49.1 Å². The molecule has 0 spiro atoms. The molecule has 0 saturated carbocycles. The van der Waals surface area contributed by atoms with Crippen LogP contribution in [0, 0.1) is 0 Å². The van der Waals surface area contributed by atoms with Crippen LogP contribution in [0.3, 0.4) is 0 Å². The van der Waals surface area contributed by atoms with E-state index in [1.807, 2.05) is 17.0 Å². The summed E-state index contributed by atoms with van der Waals surface area (Å²) < 4.78 is 17.3. The lowest BCUT2D eigenvalue weighted by Crippen LogP contribution is -2.45. The first kappa shape index (κ1) is 26.4. The van der Waals surface area contributed by atoms with Gasteiger partial charge in [-0.05, 0) is 62.4 Å². The standard InChI is InChI=1S/C26H36N4O5S/c1-36(34)24-15-22(6-7-23(24)32)35-18-21(31)17-27-20-9-13-29(14-10-20)25-8-5-19(16-28-25)26(33)30-11-3-2-4-12-30/h5-8,15-16,20-21,27,31-32H,2-4,9-14,17-18H2,1H3. The van der Waals surface area contributed by atoms with Crippen LogP contribution < -0.4 is 15.0 Å². The number of hydrogen-bond donors (Lipinski definition) is 3. The number of carbonyl (C=O) groups is 1. The predicted octanol–water partition coefficient (Wildman–Crippen LogP) is 2.15. The smallest absolute Gasteiger partial charge is 0.255 e. The van der Waals surface area contributed by atoms with Crippen LogP contribution in [-0.2, 0) is 10.8 Å². The first-order valence-electron chi connectivity index (χ1n) is 12.6. The molecule has 2 unspecified atom stereocenters. The van der Waals surface area contributed by atoms with E-state index in [9.17, 15) is 19.2 Å². The molecule has 3 N–H and O–H groups in total. The summed E-state index contributed by atoms with van der Waals surface area (Å²) in [6.45, 7) is 3.86. The lowest BCUT2D eigenvalue weighted by Gasteiger charge is -2.33. The van der Waals surface area contributed by atoms with Gasteiger partial charge in [-0.1, -0.05) is 0 Å². The molecule has 4 rings (SSSR count). The molecule has 2 atom stereocenters. The number of likely N-dealkylation sites (tertiary alicyclic amines) is 1. The first-order valence-corrected chi connectivity index (χ1v) is 14.2. The summed E-state index contributed by atoms with van der Waals surface area (Å²) >= 11 is 0. The predicted molar refractivity (Wildman–Crippen MR) is 139 cm³/mol. The molecule has 0 bridgehead atoms. The minimum Gasteiger partial charge on any atom is -0.507 e. The van der Waals surface area contributed by atoms with E-state index >= 15 is 0 Å². The number of rotatable bonds is 9. The number of hydrogen-bond acceptors (Lipinski definition) is 8. The van der Waals surface area contributed by atoms with Gasteiger partial charge in [0, 0.05) is 51.2 Å². The Morgan fingerprint density at radius 1 is 1.17 bits per heavy atom. The van der Waals surface area contributed by atoms with Crippen LogP contribution in [0.1, 0.15) is 42.5 Å². The minimum absolute atomic E-state index is 0.0335. The number of nitrogens with zero attached hydrogens (tertiary/aromatic N) is 3. The summed E-state index contributed by atoms with van der Waals surface area (Å²) in [5, 5.41) is 23.5. The number of benzene rings is 1. The van der Waals surface area contributed by atoms with E-state index in [2.05, 4.69) is 15.2 Å². The van der Waals surface area contributed by atoms with Gasteiger partial charge in [0.25, 0.3) is 5.91 Å². The average molecular weight is 517 g/mol. The van der Waals surface area contributed by atoms with E-state index < -0.39 is 16.9 Å². The van der Waals surface area contributed by atoms with E-state index in [0.29, 0.717) is 28.8 Å². The first-order chi connectivity index (χ1) is 17.4. The third-order valence-electron chi connectivity index (χ3n) is 6.78. The Kier molecular flexibility index (Phi) is 9.17. The normalized spacial score (nSPS) is 18.6. The molecule has 2 aliphatic rings. The average Bonchev–Trinajstić information content (AvgIpc) is 2.91. The van der Waals surface area contributed by atoms with Crippen LogP contribution >= 0.6 is 0 Å². The van der Waals surface area contributed by atoms with Crippen molar-refractivity contribution in [3.05, 3.63) is 42.1 Å². The highest BCUT2D eigenvalue weighted by Crippen LogP contribution is 2.25.